The maximum Gasteiger partial charge on any atom is 0.196 e. The zero-order chi connectivity index (χ0) is 16.2. The summed E-state index contributed by atoms with van der Waals surface area (Å²) in [5, 5.41) is 9.69. The summed E-state index contributed by atoms with van der Waals surface area (Å²) in [5.74, 6) is 1.66. The fourth-order valence-electron chi connectivity index (χ4n) is 2.37. The van der Waals surface area contributed by atoms with E-state index in [-0.39, 0.29) is 0 Å². The van der Waals surface area contributed by atoms with Crippen molar-refractivity contribution in [1.82, 2.24) is 14.8 Å². The Bertz CT molecular complexity index is 822. The highest BCUT2D eigenvalue weighted by Crippen LogP contribution is 2.28. The predicted molar refractivity (Wildman–Crippen MR) is 97.2 cm³/mol. The Morgan fingerprint density at radius 2 is 1.83 bits per heavy atom. The molecule has 0 aliphatic rings. The average molecular weight is 321 g/mol. The van der Waals surface area contributed by atoms with Crippen LogP contribution in [0.5, 0.6) is 0 Å². The van der Waals surface area contributed by atoms with Gasteiger partial charge in [-0.05, 0) is 37.1 Å². The molecule has 0 saturated heterocycles. The zero-order valence-electron chi connectivity index (χ0n) is 13.4. The van der Waals surface area contributed by atoms with Crippen LogP contribution < -0.4 is 0 Å². The quantitative estimate of drug-likeness (QED) is 0.498. The highest BCUT2D eigenvalue weighted by atomic mass is 32.2. The van der Waals surface area contributed by atoms with Gasteiger partial charge in [0.05, 0.1) is 5.69 Å². The molecule has 0 aliphatic heterocycles. The topological polar surface area (TPSA) is 30.7 Å². The monoisotopic (exact) mass is 321 g/mol. The van der Waals surface area contributed by atoms with Crippen molar-refractivity contribution in [2.24, 2.45) is 0 Å². The zero-order valence-corrected chi connectivity index (χ0v) is 14.2. The number of aryl methyl sites for hydroxylation is 2. The number of aromatic nitrogens is 3. The molecule has 0 spiro atoms. The second kappa shape index (κ2) is 6.84. The summed E-state index contributed by atoms with van der Waals surface area (Å²) in [6, 6.07) is 16.6. The van der Waals surface area contributed by atoms with E-state index in [9.17, 15) is 0 Å². The molecule has 0 fully saturated rings. The minimum Gasteiger partial charge on any atom is -0.270 e. The molecule has 2 aromatic carbocycles. The van der Waals surface area contributed by atoms with E-state index in [2.05, 4.69) is 65.5 Å². The maximum atomic E-state index is 4.43. The standard InChI is InChI=1S/C19H19N3S/c1-4-12-23-19-21-20-18(16-8-6-5-7-9-16)22(19)17-11-10-14(2)15(3)13-17/h4-11,13H,1,12H2,2-3H3. The lowest BCUT2D eigenvalue weighted by Gasteiger charge is -2.12. The molecular weight excluding hydrogens is 302 g/mol. The van der Waals surface area contributed by atoms with Crippen LogP contribution in [0.15, 0.2) is 66.3 Å². The molecule has 4 heteroatoms. The van der Waals surface area contributed by atoms with Crippen LogP contribution in [-0.4, -0.2) is 20.5 Å². The normalized spacial score (nSPS) is 10.7. The molecule has 0 saturated carbocycles. The number of hydrogen-bond acceptors (Lipinski definition) is 3. The third-order valence-corrected chi connectivity index (χ3v) is 4.67. The van der Waals surface area contributed by atoms with Crippen molar-refractivity contribution in [3.05, 3.63) is 72.3 Å². The summed E-state index contributed by atoms with van der Waals surface area (Å²) in [4.78, 5) is 0. The molecule has 3 nitrogen and oxygen atoms in total. The lowest BCUT2D eigenvalue weighted by atomic mass is 10.1. The van der Waals surface area contributed by atoms with Crippen molar-refractivity contribution in [3.63, 3.8) is 0 Å². The summed E-state index contributed by atoms with van der Waals surface area (Å²) in [6.07, 6.45) is 1.88. The highest BCUT2D eigenvalue weighted by Gasteiger charge is 2.15. The first kappa shape index (κ1) is 15.6. The molecular formula is C19H19N3S. The molecule has 3 rings (SSSR count). The fraction of sp³-hybridized carbons (Fsp3) is 0.158. The van der Waals surface area contributed by atoms with E-state index in [0.29, 0.717) is 0 Å². The number of benzene rings is 2. The van der Waals surface area contributed by atoms with Crippen LogP contribution in [0.1, 0.15) is 11.1 Å². The molecule has 0 amide bonds. The van der Waals surface area contributed by atoms with Crippen molar-refractivity contribution in [2.75, 3.05) is 5.75 Å². The maximum absolute atomic E-state index is 4.43. The van der Waals surface area contributed by atoms with Gasteiger partial charge in [0.2, 0.25) is 0 Å². The highest BCUT2D eigenvalue weighted by molar-refractivity contribution is 7.99. The van der Waals surface area contributed by atoms with Gasteiger partial charge >= 0.3 is 0 Å². The summed E-state index contributed by atoms with van der Waals surface area (Å²) in [5.41, 5.74) is 4.69. The predicted octanol–water partition coefficient (Wildman–Crippen LogP) is 4.83. The van der Waals surface area contributed by atoms with Gasteiger partial charge in [0, 0.05) is 11.3 Å². The molecule has 0 radical (unpaired) electrons. The van der Waals surface area contributed by atoms with Crippen LogP contribution in [-0.2, 0) is 0 Å². The Kier molecular flexibility index (Phi) is 4.63. The lowest BCUT2D eigenvalue weighted by molar-refractivity contribution is 0.886. The Balaban J connectivity index is 2.16. The van der Waals surface area contributed by atoms with Gasteiger partial charge in [-0.25, -0.2) is 0 Å². The summed E-state index contributed by atoms with van der Waals surface area (Å²) in [7, 11) is 0. The van der Waals surface area contributed by atoms with E-state index in [0.717, 1.165) is 28.0 Å². The van der Waals surface area contributed by atoms with E-state index in [4.69, 9.17) is 0 Å². The van der Waals surface area contributed by atoms with Crippen LogP contribution in [0, 0.1) is 13.8 Å². The van der Waals surface area contributed by atoms with Crippen LogP contribution >= 0.6 is 11.8 Å². The van der Waals surface area contributed by atoms with E-state index >= 15 is 0 Å². The molecule has 116 valence electrons. The van der Waals surface area contributed by atoms with Crippen LogP contribution in [0.2, 0.25) is 0 Å². The van der Waals surface area contributed by atoms with Gasteiger partial charge in [-0.15, -0.1) is 16.8 Å². The van der Waals surface area contributed by atoms with Gasteiger partial charge in [0.25, 0.3) is 0 Å². The van der Waals surface area contributed by atoms with Gasteiger partial charge < -0.3 is 0 Å². The van der Waals surface area contributed by atoms with Crippen molar-refractivity contribution < 1.29 is 0 Å². The van der Waals surface area contributed by atoms with Gasteiger partial charge in [0.1, 0.15) is 0 Å². The van der Waals surface area contributed by atoms with Crippen molar-refractivity contribution in [2.45, 2.75) is 19.0 Å². The molecule has 0 aliphatic carbocycles. The Morgan fingerprint density at radius 1 is 1.04 bits per heavy atom. The third kappa shape index (κ3) is 3.22. The van der Waals surface area contributed by atoms with Crippen LogP contribution in [0.4, 0.5) is 0 Å². The average Bonchev–Trinajstić information content (AvgIpc) is 3.00. The number of thioether (sulfide) groups is 1. The Morgan fingerprint density at radius 3 is 2.52 bits per heavy atom. The van der Waals surface area contributed by atoms with Crippen molar-refractivity contribution in [3.8, 4) is 17.1 Å². The molecule has 0 atom stereocenters. The molecule has 0 bridgehead atoms. The number of hydrogen-bond donors (Lipinski definition) is 0. The van der Waals surface area contributed by atoms with E-state index in [1.165, 1.54) is 11.1 Å². The number of rotatable bonds is 5. The first-order valence-corrected chi connectivity index (χ1v) is 8.51. The summed E-state index contributed by atoms with van der Waals surface area (Å²) < 4.78 is 2.12. The molecule has 3 aromatic rings. The van der Waals surface area contributed by atoms with Crippen molar-refractivity contribution in [1.29, 1.82) is 0 Å². The largest absolute Gasteiger partial charge is 0.270 e. The Labute approximate surface area is 141 Å². The van der Waals surface area contributed by atoms with Gasteiger partial charge in [0.15, 0.2) is 11.0 Å². The second-order valence-electron chi connectivity index (χ2n) is 5.38. The molecule has 0 N–H and O–H groups in total. The molecule has 1 aromatic heterocycles. The van der Waals surface area contributed by atoms with Crippen LogP contribution in [0.25, 0.3) is 17.1 Å². The smallest absolute Gasteiger partial charge is 0.196 e. The third-order valence-electron chi connectivity index (χ3n) is 3.74. The van der Waals surface area contributed by atoms with Crippen LogP contribution in [0.3, 0.4) is 0 Å². The Hall–Kier alpha value is -2.33. The van der Waals surface area contributed by atoms with Gasteiger partial charge in [-0.2, -0.15) is 0 Å². The fourth-order valence-corrected chi connectivity index (χ4v) is 3.05. The number of nitrogens with zero attached hydrogens (tertiary/aromatic N) is 3. The minimum atomic E-state index is 0.803. The molecule has 1 heterocycles. The lowest BCUT2D eigenvalue weighted by Crippen LogP contribution is -2.00. The molecule has 23 heavy (non-hydrogen) atoms. The van der Waals surface area contributed by atoms with Gasteiger partial charge in [-0.3, -0.25) is 4.57 Å². The second-order valence-corrected chi connectivity index (χ2v) is 6.36. The van der Waals surface area contributed by atoms with E-state index in [1.54, 1.807) is 11.8 Å². The van der Waals surface area contributed by atoms with Gasteiger partial charge in [-0.1, -0.05) is 54.2 Å². The summed E-state index contributed by atoms with van der Waals surface area (Å²) in [6.45, 7) is 8.04. The first-order valence-electron chi connectivity index (χ1n) is 7.53. The van der Waals surface area contributed by atoms with E-state index in [1.807, 2.05) is 24.3 Å². The summed E-state index contributed by atoms with van der Waals surface area (Å²) >= 11 is 1.64. The van der Waals surface area contributed by atoms with E-state index < -0.39 is 0 Å². The first-order chi connectivity index (χ1) is 11.2. The SMILES string of the molecule is C=CCSc1nnc(-c2ccccc2)n1-c1ccc(C)c(C)c1. The molecule has 0 unspecified atom stereocenters. The minimum absolute atomic E-state index is 0.803. The van der Waals surface area contributed by atoms with Crippen molar-refractivity contribution >= 4 is 11.8 Å².